The van der Waals surface area contributed by atoms with Crippen LogP contribution in [-0.4, -0.2) is 23.9 Å². The summed E-state index contributed by atoms with van der Waals surface area (Å²) in [6.07, 6.45) is 3.03. The Morgan fingerprint density at radius 1 is 1.35 bits per heavy atom. The zero-order chi connectivity index (χ0) is 12.4. The van der Waals surface area contributed by atoms with Crippen molar-refractivity contribution < 1.29 is 0 Å². The highest BCUT2D eigenvalue weighted by molar-refractivity contribution is 4.92. The maximum absolute atomic E-state index is 11.9. The zero-order valence-electron chi connectivity index (χ0n) is 9.70. The third-order valence-electron chi connectivity index (χ3n) is 2.59. The van der Waals surface area contributed by atoms with Crippen molar-refractivity contribution in [1.29, 1.82) is 0 Å². The summed E-state index contributed by atoms with van der Waals surface area (Å²) in [6, 6.07) is 1.38. The number of nitrogens with zero attached hydrogens (tertiary/aromatic N) is 5. The highest BCUT2D eigenvalue weighted by Crippen LogP contribution is 1.92. The van der Waals surface area contributed by atoms with Gasteiger partial charge in [-0.2, -0.15) is 0 Å². The van der Waals surface area contributed by atoms with Crippen LogP contribution in [0.3, 0.4) is 0 Å². The molecule has 0 radical (unpaired) electrons. The molecule has 0 aliphatic heterocycles. The second-order valence-corrected chi connectivity index (χ2v) is 3.67. The predicted molar refractivity (Wildman–Crippen MR) is 60.7 cm³/mol. The van der Waals surface area contributed by atoms with Gasteiger partial charge in [-0.15, -0.1) is 10.2 Å². The summed E-state index contributed by atoms with van der Waals surface area (Å²) in [5.74, 6) is 0.568. The molecule has 0 fully saturated rings. The van der Waals surface area contributed by atoms with E-state index in [1.54, 1.807) is 11.6 Å². The average molecular weight is 235 g/mol. The number of hydrogen-bond donors (Lipinski definition) is 0. The van der Waals surface area contributed by atoms with Gasteiger partial charge in [-0.05, 0) is 6.92 Å². The highest BCUT2D eigenvalue weighted by Gasteiger charge is 2.08. The first kappa shape index (κ1) is 11.3. The molecule has 0 saturated carbocycles. The van der Waals surface area contributed by atoms with Gasteiger partial charge in [0.05, 0.1) is 6.54 Å². The van der Waals surface area contributed by atoms with Gasteiger partial charge >= 0.3 is 5.69 Å². The molecule has 0 bridgehead atoms. The van der Waals surface area contributed by atoms with E-state index < -0.39 is 0 Å². The third kappa shape index (κ3) is 2.03. The molecule has 0 aliphatic carbocycles. The molecule has 2 aromatic heterocycles. The van der Waals surface area contributed by atoms with Gasteiger partial charge in [-0.25, -0.2) is 4.79 Å². The molecule has 90 valence electrons. The summed E-state index contributed by atoms with van der Waals surface area (Å²) in [5.41, 5.74) is -0.661. The van der Waals surface area contributed by atoms with Crippen LogP contribution in [0.15, 0.2) is 28.2 Å². The Morgan fingerprint density at radius 3 is 2.71 bits per heavy atom. The van der Waals surface area contributed by atoms with Gasteiger partial charge in [0.2, 0.25) is 0 Å². The average Bonchev–Trinajstić information content (AvgIpc) is 2.70. The summed E-state index contributed by atoms with van der Waals surface area (Å²) >= 11 is 0. The monoisotopic (exact) mass is 235 g/mol. The zero-order valence-corrected chi connectivity index (χ0v) is 9.70. The second-order valence-electron chi connectivity index (χ2n) is 3.67. The molecule has 0 aliphatic rings. The minimum atomic E-state index is -0.331. The Bertz CT molecular complexity index is 637. The summed E-state index contributed by atoms with van der Waals surface area (Å²) in [4.78, 5) is 23.6. The van der Waals surface area contributed by atoms with Crippen LogP contribution in [0.4, 0.5) is 0 Å². The van der Waals surface area contributed by atoms with E-state index in [0.29, 0.717) is 12.4 Å². The largest absolute Gasteiger partial charge is 0.331 e. The van der Waals surface area contributed by atoms with Crippen molar-refractivity contribution >= 4 is 0 Å². The predicted octanol–water partition coefficient (Wildman–Crippen LogP) is -0.793. The molecule has 0 spiro atoms. The maximum Gasteiger partial charge on any atom is 0.331 e. The van der Waals surface area contributed by atoms with E-state index in [9.17, 15) is 9.59 Å². The van der Waals surface area contributed by atoms with Crippen LogP contribution in [0, 0.1) is 0 Å². The fraction of sp³-hybridized carbons (Fsp3) is 0.400. The van der Waals surface area contributed by atoms with E-state index in [-0.39, 0.29) is 17.8 Å². The summed E-state index contributed by atoms with van der Waals surface area (Å²) in [6.45, 7) is 2.51. The van der Waals surface area contributed by atoms with Crippen LogP contribution < -0.4 is 11.2 Å². The minimum Gasteiger partial charge on any atom is -0.319 e. The summed E-state index contributed by atoms with van der Waals surface area (Å²) in [7, 11) is 1.77. The van der Waals surface area contributed by atoms with Crippen LogP contribution in [0.25, 0.3) is 0 Å². The van der Waals surface area contributed by atoms with Crippen LogP contribution in [0.1, 0.15) is 12.7 Å². The van der Waals surface area contributed by atoms with E-state index in [1.807, 2.05) is 6.92 Å². The number of aryl methyl sites for hydroxylation is 2. The minimum absolute atomic E-state index is 0.134. The van der Waals surface area contributed by atoms with Crippen LogP contribution in [-0.2, 0) is 20.1 Å². The molecule has 2 heterocycles. The standard InChI is InChI=1S/C10H13N5O2/c1-3-14-5-4-9(16)15(10(14)17)6-8-12-11-7-13(8)2/h4-5,7H,3,6H2,1-2H3. The van der Waals surface area contributed by atoms with E-state index in [2.05, 4.69) is 10.2 Å². The molecule has 0 amide bonds. The molecule has 0 N–H and O–H groups in total. The van der Waals surface area contributed by atoms with E-state index >= 15 is 0 Å². The second kappa shape index (κ2) is 4.36. The lowest BCUT2D eigenvalue weighted by Gasteiger charge is -2.07. The Balaban J connectivity index is 2.49. The van der Waals surface area contributed by atoms with Gasteiger partial charge in [-0.1, -0.05) is 0 Å². The first-order valence-electron chi connectivity index (χ1n) is 5.26. The van der Waals surface area contributed by atoms with Crippen molar-refractivity contribution in [3.8, 4) is 0 Å². The molecule has 0 atom stereocenters. The molecular formula is C10H13N5O2. The maximum atomic E-state index is 11.9. The molecule has 2 aromatic rings. The van der Waals surface area contributed by atoms with Crippen molar-refractivity contribution in [2.75, 3.05) is 0 Å². The normalized spacial score (nSPS) is 10.7. The first-order chi connectivity index (χ1) is 8.13. The van der Waals surface area contributed by atoms with E-state index in [4.69, 9.17) is 0 Å². The fourth-order valence-electron chi connectivity index (χ4n) is 1.53. The lowest BCUT2D eigenvalue weighted by atomic mass is 10.5. The molecule has 0 aromatic carbocycles. The van der Waals surface area contributed by atoms with Gasteiger partial charge in [0.25, 0.3) is 5.56 Å². The fourth-order valence-corrected chi connectivity index (χ4v) is 1.53. The quantitative estimate of drug-likeness (QED) is 0.698. The Kier molecular flexibility index (Phi) is 2.90. The van der Waals surface area contributed by atoms with Crippen LogP contribution in [0.5, 0.6) is 0 Å². The topological polar surface area (TPSA) is 74.7 Å². The van der Waals surface area contributed by atoms with Gasteiger partial charge in [0, 0.05) is 25.9 Å². The van der Waals surface area contributed by atoms with Gasteiger partial charge < -0.3 is 9.13 Å². The first-order valence-corrected chi connectivity index (χ1v) is 5.26. The molecule has 7 heteroatoms. The Hall–Kier alpha value is -2.18. The van der Waals surface area contributed by atoms with Gasteiger partial charge in [0.1, 0.15) is 6.33 Å². The van der Waals surface area contributed by atoms with Crippen molar-refractivity contribution in [3.63, 3.8) is 0 Å². The number of hydrogen-bond acceptors (Lipinski definition) is 4. The van der Waals surface area contributed by atoms with Crippen molar-refractivity contribution in [1.82, 2.24) is 23.9 Å². The van der Waals surface area contributed by atoms with Crippen molar-refractivity contribution in [3.05, 3.63) is 45.3 Å². The molecular weight excluding hydrogens is 222 g/mol. The molecule has 17 heavy (non-hydrogen) atoms. The molecule has 0 saturated heterocycles. The summed E-state index contributed by atoms with van der Waals surface area (Å²) in [5, 5.41) is 7.56. The van der Waals surface area contributed by atoms with E-state index in [0.717, 1.165) is 4.57 Å². The Labute approximate surface area is 97.0 Å². The smallest absolute Gasteiger partial charge is 0.319 e. The van der Waals surface area contributed by atoms with Crippen molar-refractivity contribution in [2.24, 2.45) is 7.05 Å². The van der Waals surface area contributed by atoms with E-state index in [1.165, 1.54) is 23.2 Å². The Morgan fingerprint density at radius 2 is 2.12 bits per heavy atom. The highest BCUT2D eigenvalue weighted by atomic mass is 16.2. The summed E-state index contributed by atoms with van der Waals surface area (Å²) < 4.78 is 4.29. The van der Waals surface area contributed by atoms with Gasteiger partial charge in [0.15, 0.2) is 5.82 Å². The van der Waals surface area contributed by atoms with Crippen LogP contribution >= 0.6 is 0 Å². The third-order valence-corrected chi connectivity index (χ3v) is 2.59. The number of aromatic nitrogens is 5. The molecule has 7 nitrogen and oxygen atoms in total. The lowest BCUT2D eigenvalue weighted by molar-refractivity contribution is 0.577. The lowest BCUT2D eigenvalue weighted by Crippen LogP contribution is -2.39. The SMILES string of the molecule is CCn1ccc(=O)n(Cc2nncn2C)c1=O. The molecule has 2 rings (SSSR count). The van der Waals surface area contributed by atoms with Crippen molar-refractivity contribution in [2.45, 2.75) is 20.0 Å². The molecule has 0 unspecified atom stereocenters. The van der Waals surface area contributed by atoms with Crippen LogP contribution in [0.2, 0.25) is 0 Å². The van der Waals surface area contributed by atoms with Gasteiger partial charge in [-0.3, -0.25) is 9.36 Å². The number of rotatable bonds is 3.